The molecule has 11 nitrogen and oxygen atoms in total. The lowest BCUT2D eigenvalue weighted by Crippen LogP contribution is -2.43. The van der Waals surface area contributed by atoms with Gasteiger partial charge < -0.3 is 33.5 Å². The van der Waals surface area contributed by atoms with Crippen LogP contribution in [0.5, 0.6) is 0 Å². The molecule has 0 bridgehead atoms. The maximum absolute atomic E-state index is 13.3. The number of hydrogen-bond acceptors (Lipinski definition) is 11. The van der Waals surface area contributed by atoms with Gasteiger partial charge in [0.15, 0.2) is 6.10 Å². The van der Waals surface area contributed by atoms with E-state index >= 15 is 0 Å². The quantitative estimate of drug-likeness (QED) is 0.0254. The molecule has 11 heteroatoms. The maximum atomic E-state index is 13.3. The van der Waals surface area contributed by atoms with Crippen LogP contribution in [0.4, 0.5) is 0 Å². The van der Waals surface area contributed by atoms with Crippen LogP contribution >= 0.6 is 0 Å². The zero-order chi connectivity index (χ0) is 45.5. The van der Waals surface area contributed by atoms with Crippen LogP contribution in [0.3, 0.4) is 0 Å². The Kier molecular flexibility index (Phi) is 36.0. The lowest BCUT2D eigenvalue weighted by Gasteiger charge is -2.24. The van der Waals surface area contributed by atoms with Crippen molar-refractivity contribution in [2.24, 2.45) is 0 Å². The molecule has 0 amide bonds. The standard InChI is InChI=1S/C51H88N2O9/c1-7-9-11-13-15-17-19-21-23-25-27-29-31-33-35-37-46(55)60-49-44(43-58-45(54)39-41-52(3)4)59-51(62-48(57)40-42-53(5)6)50(49)61-47(56)38-36-34-32-30-28-26-24-22-20-18-16-14-12-10-8-2/h15-18,21-24,44,49-51H,7-14,19-20,25-43H2,1-6H3/b17-15-,18-16-,23-21-,24-22-/t44-,49?,50+,51+/m1/s1. The third-order valence-electron chi connectivity index (χ3n) is 10.6. The predicted molar refractivity (Wildman–Crippen MR) is 251 cm³/mol. The van der Waals surface area contributed by atoms with E-state index in [1.165, 1.54) is 38.5 Å². The van der Waals surface area contributed by atoms with Gasteiger partial charge in [0.05, 0.1) is 12.8 Å². The van der Waals surface area contributed by atoms with Crippen LogP contribution in [0.1, 0.15) is 181 Å². The number of unbranched alkanes of at least 4 members (excludes halogenated alkanes) is 16. The number of hydrogen-bond donors (Lipinski definition) is 0. The second-order valence-electron chi connectivity index (χ2n) is 17.2. The summed E-state index contributed by atoms with van der Waals surface area (Å²) in [4.78, 5) is 55.8. The van der Waals surface area contributed by atoms with Gasteiger partial charge in [-0.15, -0.1) is 0 Å². The van der Waals surface area contributed by atoms with Gasteiger partial charge in [-0.2, -0.15) is 0 Å². The molecule has 0 aromatic carbocycles. The van der Waals surface area contributed by atoms with Crippen LogP contribution in [0.2, 0.25) is 0 Å². The number of rotatable bonds is 39. The van der Waals surface area contributed by atoms with Crippen molar-refractivity contribution < 1.29 is 42.9 Å². The molecule has 1 aliphatic heterocycles. The van der Waals surface area contributed by atoms with Crippen molar-refractivity contribution >= 4 is 23.9 Å². The van der Waals surface area contributed by atoms with Crippen molar-refractivity contribution in [2.45, 2.75) is 205 Å². The summed E-state index contributed by atoms with van der Waals surface area (Å²) in [7, 11) is 7.42. The molecule has 1 saturated heterocycles. The molecule has 4 atom stereocenters. The second-order valence-corrected chi connectivity index (χ2v) is 17.2. The van der Waals surface area contributed by atoms with E-state index in [1.54, 1.807) is 0 Å². The summed E-state index contributed by atoms with van der Waals surface area (Å²) in [5.41, 5.74) is 0. The fourth-order valence-electron chi connectivity index (χ4n) is 6.84. The Labute approximate surface area is 377 Å². The van der Waals surface area contributed by atoms with Crippen LogP contribution in [-0.2, 0) is 42.9 Å². The molecule has 1 unspecified atom stereocenters. The molecule has 0 spiro atoms. The molecule has 0 aromatic rings. The molecule has 0 aromatic heterocycles. The molecule has 0 radical (unpaired) electrons. The summed E-state index contributed by atoms with van der Waals surface area (Å²) < 4.78 is 29.2. The van der Waals surface area contributed by atoms with Crippen molar-refractivity contribution in [3.8, 4) is 0 Å². The van der Waals surface area contributed by atoms with Gasteiger partial charge >= 0.3 is 23.9 Å². The number of allylic oxidation sites excluding steroid dienone is 8. The van der Waals surface area contributed by atoms with E-state index in [-0.39, 0.29) is 32.3 Å². The first-order chi connectivity index (χ1) is 30.1. The molecule has 62 heavy (non-hydrogen) atoms. The Morgan fingerprint density at radius 1 is 0.452 bits per heavy atom. The maximum Gasteiger partial charge on any atom is 0.309 e. The van der Waals surface area contributed by atoms with Gasteiger partial charge in [0.25, 0.3) is 0 Å². The van der Waals surface area contributed by atoms with Gasteiger partial charge in [-0.05, 0) is 105 Å². The van der Waals surface area contributed by atoms with E-state index in [9.17, 15) is 19.2 Å². The van der Waals surface area contributed by atoms with Gasteiger partial charge in [-0.1, -0.05) is 127 Å². The smallest absolute Gasteiger partial charge is 0.309 e. The zero-order valence-electron chi connectivity index (χ0n) is 40.0. The van der Waals surface area contributed by atoms with Crippen molar-refractivity contribution in [3.63, 3.8) is 0 Å². The lowest BCUT2D eigenvalue weighted by molar-refractivity contribution is -0.200. The minimum absolute atomic E-state index is 0.0843. The average Bonchev–Trinajstić information content (AvgIpc) is 3.54. The minimum atomic E-state index is -1.32. The normalized spacial score (nSPS) is 18.0. The molecule has 0 saturated carbocycles. The summed E-state index contributed by atoms with van der Waals surface area (Å²) in [6.07, 6.45) is 37.4. The van der Waals surface area contributed by atoms with E-state index in [2.05, 4.69) is 62.5 Å². The monoisotopic (exact) mass is 873 g/mol. The molecule has 0 N–H and O–H groups in total. The number of ether oxygens (including phenoxy) is 5. The van der Waals surface area contributed by atoms with Gasteiger partial charge in [-0.3, -0.25) is 19.2 Å². The van der Waals surface area contributed by atoms with Crippen LogP contribution in [0, 0.1) is 0 Å². The van der Waals surface area contributed by atoms with E-state index in [1.807, 2.05) is 38.0 Å². The SMILES string of the molecule is CCCCC/C=C\C/C=C\CCCCCCCC(=O)OC1[C@@H](COC(=O)CCN(C)C)O[C@@H](OC(=O)CCN(C)C)[C@H]1OC(=O)CCCCCCC/C=C\C/C=C\CCCCC. The number of esters is 4. The minimum Gasteiger partial charge on any atom is -0.463 e. The second kappa shape index (κ2) is 39.3. The van der Waals surface area contributed by atoms with Crippen LogP contribution in [0.25, 0.3) is 0 Å². The van der Waals surface area contributed by atoms with Crippen LogP contribution in [-0.4, -0.2) is 106 Å². The van der Waals surface area contributed by atoms with Gasteiger partial charge in [-0.25, -0.2) is 0 Å². The molecule has 1 rings (SSSR count). The van der Waals surface area contributed by atoms with Crippen LogP contribution in [0.15, 0.2) is 48.6 Å². The van der Waals surface area contributed by atoms with Gasteiger partial charge in [0, 0.05) is 25.9 Å². The third kappa shape index (κ3) is 32.4. The zero-order valence-corrected chi connectivity index (χ0v) is 40.0. The Morgan fingerprint density at radius 2 is 0.839 bits per heavy atom. The fourth-order valence-corrected chi connectivity index (χ4v) is 6.84. The highest BCUT2D eigenvalue weighted by Gasteiger charge is 2.52. The highest BCUT2D eigenvalue weighted by atomic mass is 16.8. The van der Waals surface area contributed by atoms with E-state index in [4.69, 9.17) is 23.7 Å². The van der Waals surface area contributed by atoms with Crippen molar-refractivity contribution in [1.82, 2.24) is 9.80 Å². The number of nitrogens with zero attached hydrogens (tertiary/aromatic N) is 2. The van der Waals surface area contributed by atoms with E-state index in [0.29, 0.717) is 25.9 Å². The molecular formula is C51H88N2O9. The number of carbonyl (C=O) groups excluding carboxylic acids is 4. The van der Waals surface area contributed by atoms with Gasteiger partial charge in [0.1, 0.15) is 12.7 Å². The van der Waals surface area contributed by atoms with E-state index in [0.717, 1.165) is 89.9 Å². The largest absolute Gasteiger partial charge is 0.463 e. The predicted octanol–water partition coefficient (Wildman–Crippen LogP) is 11.2. The molecule has 1 fully saturated rings. The highest BCUT2D eigenvalue weighted by molar-refractivity contribution is 5.72. The third-order valence-corrected chi connectivity index (χ3v) is 10.6. The Hall–Kier alpha value is -3.28. The number of carbonyl (C=O) groups is 4. The van der Waals surface area contributed by atoms with Crippen molar-refractivity contribution in [2.75, 3.05) is 47.9 Å². The Morgan fingerprint density at radius 3 is 1.29 bits per heavy atom. The summed E-state index contributed by atoms with van der Waals surface area (Å²) in [5.74, 6) is -1.95. The first-order valence-corrected chi connectivity index (χ1v) is 24.4. The van der Waals surface area contributed by atoms with E-state index < -0.39 is 48.5 Å². The highest BCUT2D eigenvalue weighted by Crippen LogP contribution is 2.30. The average molecular weight is 873 g/mol. The Bertz CT molecular complexity index is 1280. The summed E-state index contributed by atoms with van der Waals surface area (Å²) in [5, 5.41) is 0. The fraction of sp³-hybridized carbons (Fsp3) is 0.765. The van der Waals surface area contributed by atoms with Crippen molar-refractivity contribution in [1.29, 1.82) is 0 Å². The Balaban J connectivity index is 2.76. The summed E-state index contributed by atoms with van der Waals surface area (Å²) in [6, 6.07) is 0. The molecule has 1 aliphatic rings. The first-order valence-electron chi connectivity index (χ1n) is 24.4. The van der Waals surface area contributed by atoms with Crippen LogP contribution < -0.4 is 0 Å². The summed E-state index contributed by atoms with van der Waals surface area (Å²) >= 11 is 0. The molecular weight excluding hydrogens is 785 g/mol. The van der Waals surface area contributed by atoms with Crippen molar-refractivity contribution in [3.05, 3.63) is 48.6 Å². The van der Waals surface area contributed by atoms with Gasteiger partial charge in [0.2, 0.25) is 12.4 Å². The topological polar surface area (TPSA) is 121 Å². The summed E-state index contributed by atoms with van der Waals surface area (Å²) in [6.45, 7) is 5.14. The lowest BCUT2D eigenvalue weighted by atomic mass is 10.1. The first kappa shape index (κ1) is 56.7. The molecule has 356 valence electrons. The molecule has 1 heterocycles. The molecule has 0 aliphatic carbocycles.